The molecule has 0 aromatic heterocycles. The van der Waals surface area contributed by atoms with E-state index in [9.17, 15) is 4.39 Å². The van der Waals surface area contributed by atoms with Gasteiger partial charge in [-0.05, 0) is 36.2 Å². The summed E-state index contributed by atoms with van der Waals surface area (Å²) in [6.07, 6.45) is 0. The van der Waals surface area contributed by atoms with Crippen LogP contribution in [0.15, 0.2) is 48.5 Å². The Balaban J connectivity index is 1.81. The van der Waals surface area contributed by atoms with Crippen LogP contribution in [0, 0.1) is 12.7 Å². The molecule has 1 heterocycles. The molecule has 2 nitrogen and oxygen atoms in total. The number of halogens is 1. The number of nitrogens with one attached hydrogen (secondary N) is 1. The Bertz CT molecular complexity index is 583. The molecule has 1 unspecified atom stereocenters. The van der Waals surface area contributed by atoms with Crippen molar-refractivity contribution in [2.45, 2.75) is 13.0 Å². The van der Waals surface area contributed by atoms with Crippen molar-refractivity contribution >= 4 is 5.69 Å². The van der Waals surface area contributed by atoms with Crippen molar-refractivity contribution in [2.24, 2.45) is 0 Å². The Labute approximate surface area is 119 Å². The van der Waals surface area contributed by atoms with Gasteiger partial charge in [0.25, 0.3) is 0 Å². The summed E-state index contributed by atoms with van der Waals surface area (Å²) in [4.78, 5) is 2.34. The third-order valence-electron chi connectivity index (χ3n) is 3.88. The van der Waals surface area contributed by atoms with Crippen LogP contribution in [0.3, 0.4) is 0 Å². The van der Waals surface area contributed by atoms with Crippen molar-refractivity contribution in [3.05, 3.63) is 65.5 Å². The molecule has 0 bridgehead atoms. The van der Waals surface area contributed by atoms with Crippen LogP contribution >= 0.6 is 0 Å². The standard InChI is InChI=1S/C17H19FN2/c1-13-11-15(18)7-8-17(13)20-10-9-19-16(12-20)14-5-3-2-4-6-14/h2-8,11,16,19H,9-10,12H2,1H3. The fourth-order valence-electron chi connectivity index (χ4n) is 2.85. The fraction of sp³-hybridized carbons (Fsp3) is 0.294. The van der Waals surface area contributed by atoms with Crippen molar-refractivity contribution in [3.8, 4) is 0 Å². The van der Waals surface area contributed by atoms with Gasteiger partial charge in [-0.2, -0.15) is 0 Å². The van der Waals surface area contributed by atoms with E-state index in [1.807, 2.05) is 19.1 Å². The molecule has 0 amide bonds. The minimum absolute atomic E-state index is 0.166. The van der Waals surface area contributed by atoms with Crippen LogP contribution in [-0.2, 0) is 0 Å². The Hall–Kier alpha value is -1.87. The minimum atomic E-state index is -0.166. The molecule has 3 heteroatoms. The molecule has 3 rings (SSSR count). The molecule has 1 atom stereocenters. The summed E-state index contributed by atoms with van der Waals surface area (Å²) in [5, 5.41) is 3.55. The van der Waals surface area contributed by atoms with Crippen molar-refractivity contribution in [1.82, 2.24) is 5.32 Å². The molecule has 2 aromatic rings. The molecule has 20 heavy (non-hydrogen) atoms. The average Bonchev–Trinajstić information content (AvgIpc) is 2.48. The zero-order valence-electron chi connectivity index (χ0n) is 11.6. The van der Waals surface area contributed by atoms with E-state index >= 15 is 0 Å². The molecule has 1 saturated heterocycles. The van der Waals surface area contributed by atoms with E-state index in [1.165, 1.54) is 5.56 Å². The van der Waals surface area contributed by atoms with Gasteiger partial charge in [-0.1, -0.05) is 30.3 Å². The molecule has 0 saturated carbocycles. The molecule has 2 aromatic carbocycles. The monoisotopic (exact) mass is 270 g/mol. The second-order valence-corrected chi connectivity index (χ2v) is 5.29. The first-order valence-corrected chi connectivity index (χ1v) is 7.03. The maximum Gasteiger partial charge on any atom is 0.123 e. The number of anilines is 1. The van der Waals surface area contributed by atoms with Gasteiger partial charge in [0.1, 0.15) is 5.82 Å². The van der Waals surface area contributed by atoms with Gasteiger partial charge in [-0.15, -0.1) is 0 Å². The van der Waals surface area contributed by atoms with Gasteiger partial charge in [-0.25, -0.2) is 4.39 Å². The summed E-state index contributed by atoms with van der Waals surface area (Å²) >= 11 is 0. The number of piperazine rings is 1. The molecule has 0 radical (unpaired) electrons. The average molecular weight is 270 g/mol. The lowest BCUT2D eigenvalue weighted by Crippen LogP contribution is -2.46. The van der Waals surface area contributed by atoms with E-state index in [2.05, 4.69) is 34.5 Å². The minimum Gasteiger partial charge on any atom is -0.368 e. The number of nitrogens with zero attached hydrogens (tertiary/aromatic N) is 1. The lowest BCUT2D eigenvalue weighted by molar-refractivity contribution is 0.471. The first-order valence-electron chi connectivity index (χ1n) is 7.03. The number of benzene rings is 2. The Morgan fingerprint density at radius 1 is 1.15 bits per heavy atom. The van der Waals surface area contributed by atoms with E-state index in [-0.39, 0.29) is 5.82 Å². The van der Waals surface area contributed by atoms with Crippen LogP contribution in [-0.4, -0.2) is 19.6 Å². The molecule has 104 valence electrons. The molecule has 1 aliphatic rings. The lowest BCUT2D eigenvalue weighted by Gasteiger charge is -2.36. The molecule has 1 aliphatic heterocycles. The van der Waals surface area contributed by atoms with Gasteiger partial charge in [0.05, 0.1) is 0 Å². The van der Waals surface area contributed by atoms with Crippen LogP contribution in [0.25, 0.3) is 0 Å². The quantitative estimate of drug-likeness (QED) is 0.901. The van der Waals surface area contributed by atoms with Crippen LogP contribution in [0.1, 0.15) is 17.2 Å². The highest BCUT2D eigenvalue weighted by molar-refractivity contribution is 5.54. The van der Waals surface area contributed by atoms with Gasteiger partial charge in [0, 0.05) is 31.4 Å². The molecular weight excluding hydrogens is 251 g/mol. The lowest BCUT2D eigenvalue weighted by atomic mass is 10.0. The highest BCUT2D eigenvalue weighted by Gasteiger charge is 2.21. The smallest absolute Gasteiger partial charge is 0.123 e. The van der Waals surface area contributed by atoms with Gasteiger partial charge in [-0.3, -0.25) is 0 Å². The van der Waals surface area contributed by atoms with E-state index in [4.69, 9.17) is 0 Å². The van der Waals surface area contributed by atoms with E-state index in [0.717, 1.165) is 30.9 Å². The highest BCUT2D eigenvalue weighted by atomic mass is 19.1. The third kappa shape index (κ3) is 2.68. The maximum atomic E-state index is 13.2. The SMILES string of the molecule is Cc1cc(F)ccc1N1CCNC(c2ccccc2)C1. The third-order valence-corrected chi connectivity index (χ3v) is 3.88. The van der Waals surface area contributed by atoms with Crippen molar-refractivity contribution in [1.29, 1.82) is 0 Å². The summed E-state index contributed by atoms with van der Waals surface area (Å²) in [5.74, 6) is -0.166. The second kappa shape index (κ2) is 5.63. The Morgan fingerprint density at radius 3 is 2.70 bits per heavy atom. The summed E-state index contributed by atoms with van der Waals surface area (Å²) in [7, 11) is 0. The van der Waals surface area contributed by atoms with Gasteiger partial charge in [0.15, 0.2) is 0 Å². The summed E-state index contributed by atoms with van der Waals surface area (Å²) in [5.41, 5.74) is 3.43. The fourth-order valence-corrected chi connectivity index (χ4v) is 2.85. The van der Waals surface area contributed by atoms with Gasteiger partial charge < -0.3 is 10.2 Å². The zero-order valence-corrected chi connectivity index (χ0v) is 11.6. The Kier molecular flexibility index (Phi) is 3.70. The molecule has 1 fully saturated rings. The van der Waals surface area contributed by atoms with Crippen molar-refractivity contribution in [3.63, 3.8) is 0 Å². The van der Waals surface area contributed by atoms with Crippen LogP contribution in [0.2, 0.25) is 0 Å². The predicted molar refractivity (Wildman–Crippen MR) is 80.5 cm³/mol. The predicted octanol–water partition coefficient (Wildman–Crippen LogP) is 3.29. The Morgan fingerprint density at radius 2 is 1.95 bits per heavy atom. The van der Waals surface area contributed by atoms with E-state index < -0.39 is 0 Å². The summed E-state index contributed by atoms with van der Waals surface area (Å²) in [6, 6.07) is 15.8. The van der Waals surface area contributed by atoms with Crippen LogP contribution in [0.4, 0.5) is 10.1 Å². The van der Waals surface area contributed by atoms with E-state index in [0.29, 0.717) is 6.04 Å². The second-order valence-electron chi connectivity index (χ2n) is 5.29. The number of hydrogen-bond acceptors (Lipinski definition) is 2. The normalized spacial score (nSPS) is 19.1. The van der Waals surface area contributed by atoms with Crippen LogP contribution in [0.5, 0.6) is 0 Å². The molecular formula is C17H19FN2. The number of hydrogen-bond donors (Lipinski definition) is 1. The molecule has 0 aliphatic carbocycles. The highest BCUT2D eigenvalue weighted by Crippen LogP contribution is 2.25. The molecule has 0 spiro atoms. The van der Waals surface area contributed by atoms with Crippen LogP contribution < -0.4 is 10.2 Å². The van der Waals surface area contributed by atoms with Crippen molar-refractivity contribution in [2.75, 3.05) is 24.5 Å². The number of aryl methyl sites for hydroxylation is 1. The first-order chi connectivity index (χ1) is 9.74. The largest absolute Gasteiger partial charge is 0.368 e. The summed E-state index contributed by atoms with van der Waals surface area (Å²) < 4.78 is 13.2. The van der Waals surface area contributed by atoms with Crippen molar-refractivity contribution < 1.29 is 4.39 Å². The molecule has 1 N–H and O–H groups in total. The van der Waals surface area contributed by atoms with Gasteiger partial charge in [0.2, 0.25) is 0 Å². The van der Waals surface area contributed by atoms with Gasteiger partial charge >= 0.3 is 0 Å². The van der Waals surface area contributed by atoms with E-state index in [1.54, 1.807) is 12.1 Å². The zero-order chi connectivity index (χ0) is 13.9. The topological polar surface area (TPSA) is 15.3 Å². The maximum absolute atomic E-state index is 13.2. The summed E-state index contributed by atoms with van der Waals surface area (Å²) in [6.45, 7) is 4.78. The first kappa shape index (κ1) is 13.1. The number of rotatable bonds is 2.